The average molecular weight is 1860 g/mol. The second-order valence-corrected chi connectivity index (χ2v) is 36.8. The zero-order valence-corrected chi connectivity index (χ0v) is 80.6. The van der Waals surface area contributed by atoms with Crippen LogP contribution in [0.2, 0.25) is 0 Å². The van der Waals surface area contributed by atoms with E-state index in [1.807, 2.05) is 174 Å². The molecule has 28 nitrogen and oxygen atoms in total. The van der Waals surface area contributed by atoms with Gasteiger partial charge in [-0.2, -0.15) is 5.10 Å². The number of nitrogens with zero attached hydrogens (tertiary/aromatic N) is 23. The smallest absolute Gasteiger partial charge is 0.330 e. The van der Waals surface area contributed by atoms with Gasteiger partial charge < -0.3 is 8.97 Å². The van der Waals surface area contributed by atoms with Crippen molar-refractivity contribution in [1.82, 2.24) is 115 Å². The molecular formula is C113H104N24O4. The van der Waals surface area contributed by atoms with Crippen molar-refractivity contribution in [3.8, 4) is 90.3 Å². The Kier molecular flexibility index (Phi) is 24.9. The average Bonchev–Trinajstić information content (AvgIpc) is 1.62. The van der Waals surface area contributed by atoms with Crippen molar-refractivity contribution in [2.24, 2.45) is 35.2 Å². The summed E-state index contributed by atoms with van der Waals surface area (Å²) in [6.45, 7) is 19.0. The van der Waals surface area contributed by atoms with Gasteiger partial charge in [-0.15, -0.1) is 0 Å². The fourth-order valence-corrected chi connectivity index (χ4v) is 18.6. The van der Waals surface area contributed by atoms with Gasteiger partial charge in [0.1, 0.15) is 33.4 Å². The number of rotatable bonds is 20. The summed E-state index contributed by atoms with van der Waals surface area (Å²) in [6, 6.07) is 82.0. The van der Waals surface area contributed by atoms with Gasteiger partial charge in [-0.05, 0) is 109 Å². The molecule has 0 fully saturated rings. The van der Waals surface area contributed by atoms with Crippen molar-refractivity contribution < 1.29 is 0 Å². The van der Waals surface area contributed by atoms with Crippen LogP contribution in [0.5, 0.6) is 0 Å². The zero-order chi connectivity index (χ0) is 97.5. The van der Waals surface area contributed by atoms with E-state index in [0.717, 1.165) is 117 Å². The number of hydrogen-bond acceptors (Lipinski definition) is 16. The van der Waals surface area contributed by atoms with Gasteiger partial charge >= 0.3 is 22.8 Å². The molecule has 0 spiro atoms. The first-order valence-corrected chi connectivity index (χ1v) is 47.1. The Morgan fingerprint density at radius 3 is 1.05 bits per heavy atom. The van der Waals surface area contributed by atoms with Crippen molar-refractivity contribution in [1.29, 1.82) is 0 Å². The van der Waals surface area contributed by atoms with E-state index in [4.69, 9.17) is 19.9 Å². The second kappa shape index (κ2) is 38.5. The first kappa shape index (κ1) is 91.2. The van der Waals surface area contributed by atoms with Crippen LogP contribution in [0.4, 0.5) is 0 Å². The Morgan fingerprint density at radius 1 is 0.305 bits per heavy atom. The molecule has 0 aliphatic carbocycles. The number of hydrogen-bond donors (Lipinski definition) is 1. The number of para-hydroxylation sites is 1. The molecular weight excluding hydrogens is 1760 g/mol. The highest BCUT2D eigenvalue weighted by atomic mass is 16.2. The molecule has 0 radical (unpaired) electrons. The van der Waals surface area contributed by atoms with Crippen LogP contribution < -0.4 is 22.8 Å². The molecule has 0 unspecified atom stereocenters. The molecule has 28 heteroatoms. The molecule has 0 atom stereocenters. The highest BCUT2D eigenvalue weighted by Gasteiger charge is 2.25. The molecule has 23 aromatic rings. The summed E-state index contributed by atoms with van der Waals surface area (Å²) in [5, 5.41) is 8.33. The number of benzene rings is 9. The number of nitrogens with one attached hydrogen (secondary N) is 1. The lowest BCUT2D eigenvalue weighted by Crippen LogP contribution is -2.22. The molecule has 700 valence electrons. The third-order valence-corrected chi connectivity index (χ3v) is 26.3. The highest BCUT2D eigenvalue weighted by molar-refractivity contribution is 5.93. The predicted molar refractivity (Wildman–Crippen MR) is 557 cm³/mol. The van der Waals surface area contributed by atoms with Crippen LogP contribution in [0.15, 0.2) is 336 Å². The first-order valence-electron chi connectivity index (χ1n) is 47.1. The Morgan fingerprint density at radius 2 is 0.660 bits per heavy atom. The normalized spacial score (nSPS) is 11.6. The molecule has 9 aromatic carbocycles. The number of H-pyrrole nitrogens is 1. The van der Waals surface area contributed by atoms with Crippen LogP contribution in [0.3, 0.4) is 0 Å². The number of aromatic amines is 1. The lowest BCUT2D eigenvalue weighted by Gasteiger charge is -2.12. The van der Waals surface area contributed by atoms with Crippen LogP contribution in [0, 0.1) is 0 Å². The van der Waals surface area contributed by atoms with E-state index in [1.165, 1.54) is 22.3 Å². The maximum atomic E-state index is 13.2. The van der Waals surface area contributed by atoms with Crippen LogP contribution in [0.25, 0.3) is 157 Å². The summed E-state index contributed by atoms with van der Waals surface area (Å²) in [7, 11) is 9.01. The maximum absolute atomic E-state index is 13.2. The van der Waals surface area contributed by atoms with Crippen molar-refractivity contribution in [3.63, 3.8) is 0 Å². The molecule has 0 aliphatic rings. The molecule has 14 heterocycles. The van der Waals surface area contributed by atoms with Gasteiger partial charge in [0, 0.05) is 117 Å². The van der Waals surface area contributed by atoms with Gasteiger partial charge in [-0.3, -0.25) is 46.0 Å². The first-order chi connectivity index (χ1) is 68.4. The third-order valence-electron chi connectivity index (χ3n) is 26.3. The lowest BCUT2D eigenvalue weighted by atomic mass is 9.97. The molecule has 23 rings (SSSR count). The SMILES string of the molecule is CC(C)c1ccccc1-c1ncc2c(n1)n(Cc1ccc(-c3cccc4cn[nH]c34)cc1)c(=O)n2C.CC(C)c1ccccc1-c1ncc2c(n1)n(Cc1ccc(-c3cccc4nccn34)cc1)c(=O)n2C.CC(C)c1ccccc1-c1ncc2c(n1)n(Cc1ccc(-c3cccn4ccnc34)cc1)c(=O)n2C.CC(C)c1ccccc1-c1ncc2c(n1)n(Cc1ccc(-c3cn(C)cn3)cc1)c(=O)n2C. The van der Waals surface area contributed by atoms with Crippen molar-refractivity contribution in [2.45, 2.75) is 105 Å². The summed E-state index contributed by atoms with van der Waals surface area (Å²) in [5.41, 5.74) is 29.1. The number of aryl methyl sites for hydroxylation is 5. The molecule has 0 aliphatic heterocycles. The summed E-state index contributed by atoms with van der Waals surface area (Å²) < 4.78 is 19.3. The molecule has 0 amide bonds. The monoisotopic (exact) mass is 1860 g/mol. The largest absolute Gasteiger partial charge is 0.340 e. The van der Waals surface area contributed by atoms with Crippen molar-refractivity contribution in [2.75, 3.05) is 0 Å². The minimum atomic E-state index is -0.111. The minimum Gasteiger partial charge on any atom is -0.340 e. The Hall–Kier alpha value is -17.6. The van der Waals surface area contributed by atoms with E-state index in [9.17, 15) is 19.2 Å². The molecule has 14 aromatic heterocycles. The van der Waals surface area contributed by atoms with Gasteiger partial charge in [-0.25, -0.2) is 74.0 Å². The minimum absolute atomic E-state index is 0.109. The van der Waals surface area contributed by atoms with Crippen LogP contribution >= 0.6 is 0 Å². The zero-order valence-electron chi connectivity index (χ0n) is 80.6. The third kappa shape index (κ3) is 17.8. The van der Waals surface area contributed by atoms with Gasteiger partial charge in [-0.1, -0.05) is 274 Å². The summed E-state index contributed by atoms with van der Waals surface area (Å²) in [5.74, 6) is 3.89. The fraction of sp³-hybridized carbons (Fsp3) is 0.186. The van der Waals surface area contributed by atoms with E-state index < -0.39 is 0 Å². The molecule has 1 N–H and O–H groups in total. The standard InChI is InChI=1S/3C29H26N6O.C26H26N6O/c1-18(2)22-8-4-5-9-24(22)27-30-16-25-28(32-27)35(29(36)34(25)3)17-19-11-13-20(14-12-19)23-10-6-7-21-15-31-33-26(21)23;1-19(2)22-7-4-5-8-24(22)26-31-17-25-28(32-26)35(29(36)33(25)3)18-20-10-12-21(13-11-20)23-9-6-15-34-16-14-30-27(23)34;1-19(2)22-7-4-5-8-23(22)27-31-17-25-28(32-27)35(29(36)33(25)3)18-20-11-13-21(14-12-20)24-9-6-10-26-30-15-16-34(24)26;1-17(2)20-7-5-6-8-21(20)24-27-13-23-25(29-24)32(26(33)31(23)4)14-18-9-11-19(12-10-18)22-15-30(3)16-28-22/h4-16,18H,17H2,1-3H3,(H,31,33);2*4-17,19H,18H2,1-3H3;5-13,15-17H,14H2,1-4H3. The number of imidazole rings is 7. The molecule has 141 heavy (non-hydrogen) atoms. The Bertz CT molecular complexity index is 8240. The Labute approximate surface area is 811 Å². The van der Waals surface area contributed by atoms with E-state index in [-0.39, 0.29) is 22.8 Å². The number of pyridine rings is 2. The summed E-state index contributed by atoms with van der Waals surface area (Å²) in [4.78, 5) is 104. The van der Waals surface area contributed by atoms with E-state index >= 15 is 0 Å². The molecule has 0 saturated heterocycles. The van der Waals surface area contributed by atoms with Crippen LogP contribution in [0.1, 0.15) is 124 Å². The van der Waals surface area contributed by atoms with Crippen LogP contribution in [-0.4, -0.2) is 115 Å². The van der Waals surface area contributed by atoms with Gasteiger partial charge in [0.05, 0.1) is 80.4 Å². The quantitative estimate of drug-likeness (QED) is 0.0741. The maximum Gasteiger partial charge on any atom is 0.330 e. The van der Waals surface area contributed by atoms with E-state index in [1.54, 1.807) is 108 Å². The summed E-state index contributed by atoms with van der Waals surface area (Å²) in [6.07, 6.45) is 22.1. The van der Waals surface area contributed by atoms with Crippen molar-refractivity contribution in [3.05, 3.63) is 404 Å². The number of aromatic nitrogens is 24. The van der Waals surface area contributed by atoms with Gasteiger partial charge in [0.15, 0.2) is 45.9 Å². The topological polar surface area (TPSA) is 292 Å². The number of fused-ring (bicyclic) bond motifs is 7. The van der Waals surface area contributed by atoms with Gasteiger partial charge in [0.25, 0.3) is 0 Å². The van der Waals surface area contributed by atoms with E-state index in [0.29, 0.717) is 112 Å². The highest BCUT2D eigenvalue weighted by Crippen LogP contribution is 2.36. The summed E-state index contributed by atoms with van der Waals surface area (Å²) >= 11 is 0. The molecule has 0 bridgehead atoms. The lowest BCUT2D eigenvalue weighted by molar-refractivity contribution is 0.731. The van der Waals surface area contributed by atoms with Crippen molar-refractivity contribution >= 4 is 66.9 Å². The van der Waals surface area contributed by atoms with Gasteiger partial charge in [0.2, 0.25) is 0 Å². The van der Waals surface area contributed by atoms with Crippen LogP contribution in [-0.2, 0) is 61.4 Å². The fourth-order valence-electron chi connectivity index (χ4n) is 18.6. The second-order valence-electron chi connectivity index (χ2n) is 36.8. The molecule has 0 saturated carbocycles. The predicted octanol–water partition coefficient (Wildman–Crippen LogP) is 20.4. The Balaban J connectivity index is 0.000000115. The van der Waals surface area contributed by atoms with E-state index in [2.05, 4.69) is 220 Å².